The molecule has 3 heteroatoms. The third-order valence-corrected chi connectivity index (χ3v) is 2.17. The smallest absolute Gasteiger partial charge is 0.108 e. The van der Waals surface area contributed by atoms with Gasteiger partial charge in [0.05, 0.1) is 11.7 Å². The van der Waals surface area contributed by atoms with E-state index in [1.54, 1.807) is 7.11 Å². The van der Waals surface area contributed by atoms with E-state index >= 15 is 0 Å². The molecular weight excluding hydrogens is 253 g/mol. The van der Waals surface area contributed by atoms with Gasteiger partial charge < -0.3 is 4.74 Å². The Morgan fingerprint density at radius 1 is 1.45 bits per heavy atom. The summed E-state index contributed by atoms with van der Waals surface area (Å²) in [5.41, 5.74) is -0.203. The summed E-state index contributed by atoms with van der Waals surface area (Å²) in [6.45, 7) is 5.89. The molecule has 0 amide bonds. The van der Waals surface area contributed by atoms with Gasteiger partial charge in [0.2, 0.25) is 0 Å². The lowest BCUT2D eigenvalue weighted by atomic mass is 9.96. The van der Waals surface area contributed by atoms with E-state index in [1.165, 1.54) is 0 Å². The van der Waals surface area contributed by atoms with Crippen LogP contribution in [0.1, 0.15) is 27.2 Å². The van der Waals surface area contributed by atoms with E-state index in [0.717, 1.165) is 6.42 Å². The molecule has 0 spiro atoms. The minimum absolute atomic E-state index is 0.203. The second kappa shape index (κ2) is 3.72. The summed E-state index contributed by atoms with van der Waals surface area (Å²) in [6.07, 6.45) is 0.744. The molecule has 0 aliphatic carbocycles. The Morgan fingerprint density at radius 3 is 2.18 bits per heavy atom. The van der Waals surface area contributed by atoms with Crippen molar-refractivity contribution in [2.75, 3.05) is 7.11 Å². The van der Waals surface area contributed by atoms with E-state index in [2.05, 4.69) is 28.7 Å². The molecule has 0 aliphatic rings. The lowest BCUT2D eigenvalue weighted by molar-refractivity contribution is 0.0132. The van der Waals surface area contributed by atoms with Gasteiger partial charge in [-0.05, 0) is 20.8 Å². The molecule has 0 fully saturated rings. The standard InChI is InChI=1S/C8H14INO/c1-7(2,11-4)5-8(3,9)6-10/h5H2,1-4H3. The third-order valence-electron chi connectivity index (χ3n) is 1.54. The molecule has 0 aliphatic heterocycles. The quantitative estimate of drug-likeness (QED) is 0.581. The molecule has 1 atom stereocenters. The molecule has 11 heavy (non-hydrogen) atoms. The number of nitrogens with zero attached hydrogens (tertiary/aromatic N) is 1. The number of nitriles is 1. The Bertz CT molecular complexity index is 169. The molecule has 0 saturated carbocycles. The first-order chi connectivity index (χ1) is 4.83. The largest absolute Gasteiger partial charge is 0.379 e. The zero-order valence-electron chi connectivity index (χ0n) is 7.44. The number of alkyl halides is 1. The van der Waals surface area contributed by atoms with Crippen molar-refractivity contribution >= 4 is 22.6 Å². The first kappa shape index (κ1) is 11.2. The Hall–Kier alpha value is 0.180. The first-order valence-corrected chi connectivity index (χ1v) is 4.56. The monoisotopic (exact) mass is 267 g/mol. The fourth-order valence-corrected chi connectivity index (χ4v) is 1.83. The number of ether oxygens (including phenoxy) is 1. The minimum Gasteiger partial charge on any atom is -0.379 e. The molecule has 0 bridgehead atoms. The highest BCUT2D eigenvalue weighted by Gasteiger charge is 2.29. The van der Waals surface area contributed by atoms with Gasteiger partial charge in [-0.3, -0.25) is 0 Å². The Kier molecular flexibility index (Phi) is 3.78. The van der Waals surface area contributed by atoms with Crippen LogP contribution in [0.15, 0.2) is 0 Å². The second-order valence-corrected chi connectivity index (χ2v) is 5.83. The van der Waals surface area contributed by atoms with Crippen LogP contribution in [0.25, 0.3) is 0 Å². The average Bonchev–Trinajstić information content (AvgIpc) is 1.86. The van der Waals surface area contributed by atoms with Crippen molar-refractivity contribution < 1.29 is 4.74 Å². The number of hydrogen-bond donors (Lipinski definition) is 0. The first-order valence-electron chi connectivity index (χ1n) is 3.48. The number of hydrogen-bond acceptors (Lipinski definition) is 2. The van der Waals surface area contributed by atoms with Crippen molar-refractivity contribution in [1.29, 1.82) is 5.26 Å². The summed E-state index contributed by atoms with van der Waals surface area (Å²) in [5, 5.41) is 8.74. The van der Waals surface area contributed by atoms with Gasteiger partial charge in [-0.2, -0.15) is 5.26 Å². The van der Waals surface area contributed by atoms with E-state index in [9.17, 15) is 0 Å². The fourth-order valence-electron chi connectivity index (χ4n) is 0.911. The van der Waals surface area contributed by atoms with Gasteiger partial charge in [-0.1, -0.05) is 22.6 Å². The van der Waals surface area contributed by atoms with E-state index < -0.39 is 0 Å². The Morgan fingerprint density at radius 2 is 1.91 bits per heavy atom. The zero-order chi connectivity index (χ0) is 9.12. The molecule has 0 rings (SSSR count). The Labute approximate surface area is 82.1 Å². The lowest BCUT2D eigenvalue weighted by Gasteiger charge is -2.27. The summed E-state index contributed by atoms with van der Waals surface area (Å²) < 4.78 is 4.90. The van der Waals surface area contributed by atoms with Gasteiger partial charge in [0.1, 0.15) is 3.42 Å². The summed E-state index contributed by atoms with van der Waals surface area (Å²) >= 11 is 2.15. The van der Waals surface area contributed by atoms with Crippen LogP contribution in [0.5, 0.6) is 0 Å². The summed E-state index contributed by atoms with van der Waals surface area (Å²) in [5.74, 6) is 0. The summed E-state index contributed by atoms with van der Waals surface area (Å²) in [6, 6.07) is 2.24. The van der Waals surface area contributed by atoms with E-state index in [-0.39, 0.29) is 9.02 Å². The van der Waals surface area contributed by atoms with E-state index in [4.69, 9.17) is 10.00 Å². The van der Waals surface area contributed by atoms with Gasteiger partial charge in [0.15, 0.2) is 0 Å². The third kappa shape index (κ3) is 4.59. The fraction of sp³-hybridized carbons (Fsp3) is 0.875. The predicted molar refractivity (Wildman–Crippen MR) is 53.7 cm³/mol. The molecule has 2 nitrogen and oxygen atoms in total. The summed E-state index contributed by atoms with van der Waals surface area (Å²) in [4.78, 5) is 0. The molecule has 0 radical (unpaired) electrons. The van der Waals surface area contributed by atoms with Crippen LogP contribution in [0.2, 0.25) is 0 Å². The van der Waals surface area contributed by atoms with Crippen LogP contribution in [0.3, 0.4) is 0 Å². The minimum atomic E-state index is -0.322. The molecule has 0 aromatic heterocycles. The molecule has 0 aromatic carbocycles. The SMILES string of the molecule is COC(C)(C)CC(C)(I)C#N. The highest BCUT2D eigenvalue weighted by molar-refractivity contribution is 14.1. The summed E-state index contributed by atoms with van der Waals surface area (Å²) in [7, 11) is 1.67. The number of halogens is 1. The van der Waals surface area contributed by atoms with E-state index in [1.807, 2.05) is 20.8 Å². The van der Waals surface area contributed by atoms with Crippen molar-refractivity contribution in [3.05, 3.63) is 0 Å². The molecule has 0 aromatic rings. The lowest BCUT2D eigenvalue weighted by Crippen LogP contribution is -2.31. The van der Waals surface area contributed by atoms with Crippen molar-refractivity contribution in [3.8, 4) is 6.07 Å². The number of rotatable bonds is 3. The van der Waals surface area contributed by atoms with Crippen molar-refractivity contribution in [2.24, 2.45) is 0 Å². The molecular formula is C8H14INO. The van der Waals surface area contributed by atoms with Gasteiger partial charge >= 0.3 is 0 Å². The average molecular weight is 267 g/mol. The van der Waals surface area contributed by atoms with Crippen LogP contribution in [0, 0.1) is 11.3 Å². The van der Waals surface area contributed by atoms with Gasteiger partial charge in [-0.25, -0.2) is 0 Å². The topological polar surface area (TPSA) is 33.0 Å². The zero-order valence-corrected chi connectivity index (χ0v) is 9.60. The molecule has 1 unspecified atom stereocenters. The van der Waals surface area contributed by atoms with Crippen LogP contribution in [-0.2, 0) is 4.74 Å². The molecule has 64 valence electrons. The number of methoxy groups -OCH3 is 1. The van der Waals surface area contributed by atoms with Gasteiger partial charge in [-0.15, -0.1) is 0 Å². The van der Waals surface area contributed by atoms with Gasteiger partial charge in [0.25, 0.3) is 0 Å². The Balaban J connectivity index is 4.16. The maximum absolute atomic E-state index is 8.74. The molecule has 0 N–H and O–H groups in total. The predicted octanol–water partition coefficient (Wildman–Crippen LogP) is 2.52. The molecule has 0 saturated heterocycles. The maximum atomic E-state index is 8.74. The van der Waals surface area contributed by atoms with Crippen LogP contribution in [-0.4, -0.2) is 16.1 Å². The second-order valence-electron chi connectivity index (χ2n) is 3.45. The maximum Gasteiger partial charge on any atom is 0.108 e. The van der Waals surface area contributed by atoms with Gasteiger partial charge in [0, 0.05) is 13.5 Å². The molecule has 0 heterocycles. The van der Waals surface area contributed by atoms with Crippen LogP contribution < -0.4 is 0 Å². The normalized spacial score (nSPS) is 17.1. The van der Waals surface area contributed by atoms with Crippen molar-refractivity contribution in [3.63, 3.8) is 0 Å². The highest BCUT2D eigenvalue weighted by atomic mass is 127. The van der Waals surface area contributed by atoms with Crippen molar-refractivity contribution in [1.82, 2.24) is 0 Å². The highest BCUT2D eigenvalue weighted by Crippen LogP contribution is 2.29. The van der Waals surface area contributed by atoms with E-state index in [0.29, 0.717) is 0 Å². The van der Waals surface area contributed by atoms with Crippen molar-refractivity contribution in [2.45, 2.75) is 36.2 Å². The van der Waals surface area contributed by atoms with Crippen LogP contribution >= 0.6 is 22.6 Å². The van der Waals surface area contributed by atoms with Crippen LogP contribution in [0.4, 0.5) is 0 Å².